The predicted octanol–water partition coefficient (Wildman–Crippen LogP) is 6.59. The van der Waals surface area contributed by atoms with E-state index in [1.165, 1.54) is 17.7 Å². The number of amides is 1. The van der Waals surface area contributed by atoms with Crippen molar-refractivity contribution in [3.63, 3.8) is 0 Å². The van der Waals surface area contributed by atoms with Gasteiger partial charge in [-0.15, -0.1) is 0 Å². The molecule has 4 nitrogen and oxygen atoms in total. The molecule has 2 unspecified atom stereocenters. The van der Waals surface area contributed by atoms with Crippen molar-refractivity contribution in [2.24, 2.45) is 0 Å². The van der Waals surface area contributed by atoms with Crippen LogP contribution in [-0.4, -0.2) is 60.0 Å². The molecule has 0 radical (unpaired) electrons. The van der Waals surface area contributed by atoms with E-state index in [1.807, 2.05) is 12.1 Å². The monoisotopic (exact) mass is 573 g/mol. The fourth-order valence-electron chi connectivity index (χ4n) is 5.84. The van der Waals surface area contributed by atoms with Gasteiger partial charge in [0, 0.05) is 47.7 Å². The van der Waals surface area contributed by atoms with E-state index in [9.17, 15) is 31.1 Å². The summed E-state index contributed by atoms with van der Waals surface area (Å²) in [5, 5.41) is 4.23. The van der Waals surface area contributed by atoms with Crippen molar-refractivity contribution in [2.45, 2.75) is 68.5 Å². The number of hydrogen-bond acceptors (Lipinski definition) is 3. The van der Waals surface area contributed by atoms with Crippen LogP contribution in [0.15, 0.2) is 42.5 Å². The van der Waals surface area contributed by atoms with Crippen molar-refractivity contribution in [3.8, 4) is 0 Å². The molecule has 2 aliphatic heterocycles. The van der Waals surface area contributed by atoms with E-state index in [1.54, 1.807) is 12.1 Å². The molecular weight excluding hydrogens is 544 g/mol. The maximum absolute atomic E-state index is 13.4. The summed E-state index contributed by atoms with van der Waals surface area (Å²) >= 11 is 6.09. The van der Waals surface area contributed by atoms with E-state index in [0.29, 0.717) is 35.7 Å². The average molecular weight is 574 g/mol. The Hall–Kier alpha value is -2.30. The Morgan fingerprint density at radius 3 is 1.90 bits per heavy atom. The van der Waals surface area contributed by atoms with Gasteiger partial charge in [0.2, 0.25) is 0 Å². The molecule has 2 heterocycles. The quantitative estimate of drug-likeness (QED) is 0.410. The van der Waals surface area contributed by atoms with Crippen LogP contribution in [0, 0.1) is 0 Å². The summed E-state index contributed by atoms with van der Waals surface area (Å²) in [6, 6.07) is 9.52. The van der Waals surface area contributed by atoms with Gasteiger partial charge in [0.25, 0.3) is 5.91 Å². The number of carbonyl (C=O) groups is 1. The Kier molecular flexibility index (Phi) is 7.92. The molecule has 39 heavy (non-hydrogen) atoms. The van der Waals surface area contributed by atoms with Gasteiger partial charge < -0.3 is 10.2 Å². The van der Waals surface area contributed by atoms with Crippen LogP contribution in [-0.2, 0) is 12.4 Å². The summed E-state index contributed by atoms with van der Waals surface area (Å²) < 4.78 is 80.4. The lowest BCUT2D eigenvalue weighted by Gasteiger charge is -2.46. The average Bonchev–Trinajstić information content (AvgIpc) is 3.72. The predicted molar refractivity (Wildman–Crippen MR) is 136 cm³/mol. The first kappa shape index (κ1) is 28.2. The highest BCUT2D eigenvalue weighted by Gasteiger charge is 2.41. The minimum absolute atomic E-state index is 0.0429. The maximum Gasteiger partial charge on any atom is 0.416 e. The van der Waals surface area contributed by atoms with E-state index in [4.69, 9.17) is 11.6 Å². The Morgan fingerprint density at radius 2 is 1.36 bits per heavy atom. The van der Waals surface area contributed by atoms with Crippen LogP contribution in [0.4, 0.5) is 26.3 Å². The molecule has 1 N–H and O–H groups in total. The zero-order valence-corrected chi connectivity index (χ0v) is 21.9. The number of piperidine rings is 2. The second-order valence-corrected chi connectivity index (χ2v) is 11.2. The zero-order chi connectivity index (χ0) is 27.9. The summed E-state index contributed by atoms with van der Waals surface area (Å²) in [5.74, 6) is -1.00. The summed E-state index contributed by atoms with van der Waals surface area (Å²) in [4.78, 5) is 17.2. The van der Waals surface area contributed by atoms with Crippen molar-refractivity contribution >= 4 is 17.5 Å². The first-order chi connectivity index (χ1) is 18.4. The molecule has 3 aliphatic rings. The topological polar surface area (TPSA) is 35.6 Å². The highest BCUT2D eigenvalue weighted by molar-refractivity contribution is 6.30. The molecule has 11 heteroatoms. The van der Waals surface area contributed by atoms with Crippen molar-refractivity contribution in [1.82, 2.24) is 15.1 Å². The largest absolute Gasteiger partial charge is 0.416 e. The summed E-state index contributed by atoms with van der Waals surface area (Å²) in [5.41, 5.74) is -2.67. The minimum atomic E-state index is -5.02. The molecule has 0 aromatic heterocycles. The van der Waals surface area contributed by atoms with Crippen LogP contribution in [0.1, 0.15) is 65.1 Å². The van der Waals surface area contributed by atoms with Gasteiger partial charge in [0.15, 0.2) is 0 Å². The first-order valence-corrected chi connectivity index (χ1v) is 13.6. The van der Waals surface area contributed by atoms with E-state index in [0.717, 1.165) is 31.5 Å². The third kappa shape index (κ3) is 6.72. The second-order valence-electron chi connectivity index (χ2n) is 10.8. The molecule has 1 saturated carbocycles. The third-order valence-corrected chi connectivity index (χ3v) is 8.30. The smallest absolute Gasteiger partial charge is 0.338 e. The molecule has 5 rings (SSSR count). The number of benzene rings is 2. The summed E-state index contributed by atoms with van der Waals surface area (Å²) in [6.07, 6.45) is -5.01. The SMILES string of the molecule is O=C(c1cc(C(F)(F)F)cc(C(F)(F)F)c1)N1CCC(N2CCC(NC3CC3)CC2)C(c2ccc(Cl)cc2)C1. The third-order valence-electron chi connectivity index (χ3n) is 8.04. The Balaban J connectivity index is 1.38. The van der Waals surface area contributed by atoms with Gasteiger partial charge in [-0.3, -0.25) is 9.69 Å². The van der Waals surface area contributed by atoms with E-state index in [-0.39, 0.29) is 31.1 Å². The minimum Gasteiger partial charge on any atom is -0.338 e. The molecule has 2 aromatic rings. The summed E-state index contributed by atoms with van der Waals surface area (Å²) in [6.45, 7) is 2.19. The number of rotatable bonds is 5. The lowest BCUT2D eigenvalue weighted by atomic mass is 9.83. The first-order valence-electron chi connectivity index (χ1n) is 13.2. The standard InChI is InChI=1S/C28H30ClF6N3O/c29-21-3-1-17(2-4-21)24-16-38(12-9-25(24)37-10-7-23(8-11-37)36-22-5-6-22)26(39)18-13-19(27(30,31)32)15-20(14-18)28(33,34)35/h1-4,13-15,22-25,36H,5-12,16H2. The summed E-state index contributed by atoms with van der Waals surface area (Å²) in [7, 11) is 0. The highest BCUT2D eigenvalue weighted by atomic mass is 35.5. The van der Waals surface area contributed by atoms with Crippen LogP contribution < -0.4 is 5.32 Å². The Morgan fingerprint density at radius 1 is 0.795 bits per heavy atom. The van der Waals surface area contributed by atoms with Gasteiger partial charge in [0.05, 0.1) is 11.1 Å². The van der Waals surface area contributed by atoms with Crippen LogP contribution in [0.25, 0.3) is 0 Å². The maximum atomic E-state index is 13.4. The van der Waals surface area contributed by atoms with Gasteiger partial charge in [0.1, 0.15) is 0 Å². The number of alkyl halides is 6. The van der Waals surface area contributed by atoms with E-state index >= 15 is 0 Å². The van der Waals surface area contributed by atoms with Gasteiger partial charge in [-0.1, -0.05) is 23.7 Å². The number of hydrogen-bond donors (Lipinski definition) is 1. The van der Waals surface area contributed by atoms with E-state index in [2.05, 4.69) is 10.2 Å². The Labute approximate surface area is 228 Å². The van der Waals surface area contributed by atoms with Gasteiger partial charge >= 0.3 is 12.4 Å². The zero-order valence-electron chi connectivity index (χ0n) is 21.2. The molecule has 1 amide bonds. The normalized spacial score (nSPS) is 23.7. The fourth-order valence-corrected chi connectivity index (χ4v) is 5.97. The van der Waals surface area contributed by atoms with Gasteiger partial charge in [-0.05, 0) is 81.1 Å². The van der Waals surface area contributed by atoms with Crippen molar-refractivity contribution in [1.29, 1.82) is 0 Å². The molecule has 3 fully saturated rings. The number of nitrogens with zero attached hydrogens (tertiary/aromatic N) is 2. The molecule has 0 bridgehead atoms. The lowest BCUT2D eigenvalue weighted by Crippen LogP contribution is -2.54. The van der Waals surface area contributed by atoms with Crippen LogP contribution in [0.3, 0.4) is 0 Å². The molecule has 212 valence electrons. The van der Waals surface area contributed by atoms with Gasteiger partial charge in [-0.2, -0.15) is 26.3 Å². The second kappa shape index (κ2) is 10.9. The molecule has 2 atom stereocenters. The number of nitrogens with one attached hydrogen (secondary N) is 1. The number of carbonyl (C=O) groups excluding carboxylic acids is 1. The van der Waals surface area contributed by atoms with Crippen LogP contribution in [0.2, 0.25) is 5.02 Å². The molecule has 0 spiro atoms. The Bertz CT molecular complexity index is 1140. The van der Waals surface area contributed by atoms with E-state index < -0.39 is 35.0 Å². The van der Waals surface area contributed by atoms with Crippen molar-refractivity contribution < 1.29 is 31.1 Å². The van der Waals surface area contributed by atoms with Crippen molar-refractivity contribution in [3.05, 3.63) is 69.7 Å². The molecule has 2 aromatic carbocycles. The van der Waals surface area contributed by atoms with Crippen molar-refractivity contribution in [2.75, 3.05) is 26.2 Å². The van der Waals surface area contributed by atoms with Crippen LogP contribution in [0.5, 0.6) is 0 Å². The van der Waals surface area contributed by atoms with Gasteiger partial charge in [-0.25, -0.2) is 0 Å². The highest BCUT2D eigenvalue weighted by Crippen LogP contribution is 2.38. The lowest BCUT2D eigenvalue weighted by molar-refractivity contribution is -0.143. The molecule has 1 aliphatic carbocycles. The molecule has 2 saturated heterocycles. The molecular formula is C28H30ClF6N3O. The van der Waals surface area contributed by atoms with Crippen LogP contribution >= 0.6 is 11.6 Å². The number of halogens is 7. The fraction of sp³-hybridized carbons (Fsp3) is 0.536. The number of likely N-dealkylation sites (tertiary alicyclic amines) is 2.